The highest BCUT2D eigenvalue weighted by Gasteiger charge is 2.25. The van der Waals surface area contributed by atoms with Gasteiger partial charge in [0.15, 0.2) is 11.5 Å². The van der Waals surface area contributed by atoms with Crippen LogP contribution in [0.2, 0.25) is 0 Å². The van der Waals surface area contributed by atoms with Gasteiger partial charge in [-0.2, -0.15) is 0 Å². The third-order valence-electron chi connectivity index (χ3n) is 7.29. The number of rotatable bonds is 8. The Kier molecular flexibility index (Phi) is 7.14. The van der Waals surface area contributed by atoms with E-state index >= 15 is 0 Å². The number of aromatic nitrogens is 2. The van der Waals surface area contributed by atoms with E-state index in [9.17, 15) is 4.79 Å². The van der Waals surface area contributed by atoms with Crippen LogP contribution >= 0.6 is 0 Å². The first kappa shape index (κ1) is 22.9. The summed E-state index contributed by atoms with van der Waals surface area (Å²) < 4.78 is 8.44. The number of benzene rings is 1. The fraction of sp³-hybridized carbons (Fsp3) is 0.500. The predicted octanol–water partition coefficient (Wildman–Crippen LogP) is 5.84. The predicted molar refractivity (Wildman–Crippen MR) is 135 cm³/mol. The first-order valence-corrected chi connectivity index (χ1v) is 12.9. The van der Waals surface area contributed by atoms with E-state index < -0.39 is 0 Å². The summed E-state index contributed by atoms with van der Waals surface area (Å²) >= 11 is 0. The zero-order chi connectivity index (χ0) is 23.3. The third kappa shape index (κ3) is 5.12. The maximum Gasteiger partial charge on any atom is 0.287 e. The number of imidazole rings is 1. The molecule has 0 bridgehead atoms. The van der Waals surface area contributed by atoms with Gasteiger partial charge in [0.1, 0.15) is 5.69 Å². The molecule has 6 heteroatoms. The minimum Gasteiger partial charge on any atom is -0.449 e. The molecule has 1 aromatic carbocycles. The van der Waals surface area contributed by atoms with E-state index in [0.717, 1.165) is 42.8 Å². The molecule has 1 saturated heterocycles. The standard InChI is InChI=1S/C28H36N4O2/c1-21-10-12-22(13-11-21)26-27(32(20-30-26)23-8-3-2-4-9-23)24-14-15-25(34-24)28(33)29-16-7-19-31-17-5-6-18-31/h10-15,20,23H,2-9,16-19H2,1H3,(H,29,33). The second kappa shape index (κ2) is 10.6. The number of amides is 1. The molecule has 34 heavy (non-hydrogen) atoms. The fourth-order valence-corrected chi connectivity index (χ4v) is 5.35. The molecule has 0 radical (unpaired) electrons. The lowest BCUT2D eigenvalue weighted by molar-refractivity contribution is 0.0925. The highest BCUT2D eigenvalue weighted by atomic mass is 16.4. The minimum absolute atomic E-state index is 0.145. The molecule has 2 fully saturated rings. The number of nitrogens with one attached hydrogen (secondary N) is 1. The van der Waals surface area contributed by atoms with Crippen molar-refractivity contribution in [1.29, 1.82) is 0 Å². The first-order chi connectivity index (χ1) is 16.7. The smallest absolute Gasteiger partial charge is 0.287 e. The van der Waals surface area contributed by atoms with Gasteiger partial charge in [0.05, 0.1) is 12.0 Å². The van der Waals surface area contributed by atoms with Gasteiger partial charge in [-0.3, -0.25) is 4.79 Å². The summed E-state index contributed by atoms with van der Waals surface area (Å²) in [7, 11) is 0. The molecule has 1 aliphatic heterocycles. The van der Waals surface area contributed by atoms with Gasteiger partial charge in [-0.05, 0) is 70.8 Å². The van der Waals surface area contributed by atoms with Crippen LogP contribution in [0.1, 0.15) is 73.5 Å². The number of carbonyl (C=O) groups excluding carboxylic acids is 1. The van der Waals surface area contributed by atoms with Gasteiger partial charge in [-0.15, -0.1) is 0 Å². The van der Waals surface area contributed by atoms with E-state index in [0.29, 0.717) is 24.1 Å². The van der Waals surface area contributed by atoms with E-state index in [4.69, 9.17) is 9.40 Å². The molecule has 1 N–H and O–H groups in total. The number of carbonyl (C=O) groups is 1. The van der Waals surface area contributed by atoms with E-state index in [1.54, 1.807) is 6.07 Å². The number of hydrogen-bond donors (Lipinski definition) is 1. The average molecular weight is 461 g/mol. The van der Waals surface area contributed by atoms with Crippen LogP contribution in [-0.4, -0.2) is 46.5 Å². The van der Waals surface area contributed by atoms with Crippen LogP contribution in [0.15, 0.2) is 47.1 Å². The summed E-state index contributed by atoms with van der Waals surface area (Å²) in [6.07, 6.45) is 11.6. The molecule has 180 valence electrons. The number of hydrogen-bond acceptors (Lipinski definition) is 4. The van der Waals surface area contributed by atoms with Crippen LogP contribution in [-0.2, 0) is 0 Å². The number of furan rings is 1. The number of likely N-dealkylation sites (tertiary alicyclic amines) is 1. The van der Waals surface area contributed by atoms with E-state index in [1.807, 2.05) is 12.4 Å². The zero-order valence-electron chi connectivity index (χ0n) is 20.3. The summed E-state index contributed by atoms with van der Waals surface area (Å²) in [6.45, 7) is 6.18. The summed E-state index contributed by atoms with van der Waals surface area (Å²) in [4.78, 5) is 20.0. The molecule has 6 nitrogen and oxygen atoms in total. The second-order valence-electron chi connectivity index (χ2n) is 9.83. The molecule has 0 spiro atoms. The van der Waals surface area contributed by atoms with Crippen molar-refractivity contribution in [2.24, 2.45) is 0 Å². The molecule has 1 aliphatic carbocycles. The highest BCUT2D eigenvalue weighted by molar-refractivity contribution is 5.92. The molecule has 2 aliphatic rings. The molecule has 0 atom stereocenters. The van der Waals surface area contributed by atoms with Crippen molar-refractivity contribution in [3.05, 3.63) is 54.0 Å². The Hall–Kier alpha value is -2.86. The van der Waals surface area contributed by atoms with E-state index in [2.05, 4.69) is 46.0 Å². The molecule has 3 aromatic rings. The van der Waals surface area contributed by atoms with Crippen molar-refractivity contribution in [2.75, 3.05) is 26.2 Å². The van der Waals surface area contributed by atoms with Crippen LogP contribution < -0.4 is 5.32 Å². The molecule has 1 amide bonds. The van der Waals surface area contributed by atoms with Crippen molar-refractivity contribution >= 4 is 5.91 Å². The van der Waals surface area contributed by atoms with Crippen LogP contribution in [0, 0.1) is 6.92 Å². The topological polar surface area (TPSA) is 63.3 Å². The fourth-order valence-electron chi connectivity index (χ4n) is 5.35. The summed E-state index contributed by atoms with van der Waals surface area (Å²) in [5.74, 6) is 0.927. The zero-order valence-corrected chi connectivity index (χ0v) is 20.3. The Morgan fingerprint density at radius 2 is 1.79 bits per heavy atom. The van der Waals surface area contributed by atoms with Crippen LogP contribution in [0.25, 0.3) is 22.7 Å². The first-order valence-electron chi connectivity index (χ1n) is 12.9. The molecule has 2 aromatic heterocycles. The summed E-state index contributed by atoms with van der Waals surface area (Å²) in [6, 6.07) is 12.6. The lowest BCUT2D eigenvalue weighted by Gasteiger charge is -2.24. The van der Waals surface area contributed by atoms with Gasteiger partial charge in [0.2, 0.25) is 0 Å². The van der Waals surface area contributed by atoms with Gasteiger partial charge in [0.25, 0.3) is 5.91 Å². The van der Waals surface area contributed by atoms with Gasteiger partial charge >= 0.3 is 0 Å². The van der Waals surface area contributed by atoms with Crippen LogP contribution in [0.4, 0.5) is 0 Å². The normalized spacial score (nSPS) is 17.3. The maximum absolute atomic E-state index is 12.8. The molecular weight excluding hydrogens is 424 g/mol. The molecule has 1 saturated carbocycles. The average Bonchev–Trinajstić information content (AvgIpc) is 3.63. The van der Waals surface area contributed by atoms with Crippen LogP contribution in [0.3, 0.4) is 0 Å². The Morgan fingerprint density at radius 3 is 2.56 bits per heavy atom. The minimum atomic E-state index is -0.145. The lowest BCUT2D eigenvalue weighted by atomic mass is 9.95. The Balaban J connectivity index is 1.35. The van der Waals surface area contributed by atoms with Crippen molar-refractivity contribution in [3.8, 4) is 22.7 Å². The number of nitrogens with zero attached hydrogens (tertiary/aromatic N) is 3. The number of aryl methyl sites for hydroxylation is 1. The van der Waals surface area contributed by atoms with Crippen LogP contribution in [0.5, 0.6) is 0 Å². The van der Waals surface area contributed by atoms with Crippen molar-refractivity contribution < 1.29 is 9.21 Å². The van der Waals surface area contributed by atoms with Gasteiger partial charge in [-0.25, -0.2) is 4.98 Å². The third-order valence-corrected chi connectivity index (χ3v) is 7.29. The van der Waals surface area contributed by atoms with Gasteiger partial charge < -0.3 is 19.2 Å². The van der Waals surface area contributed by atoms with Crippen molar-refractivity contribution in [3.63, 3.8) is 0 Å². The highest BCUT2D eigenvalue weighted by Crippen LogP contribution is 2.38. The Bertz CT molecular complexity index is 1090. The lowest BCUT2D eigenvalue weighted by Crippen LogP contribution is -2.28. The quantitative estimate of drug-likeness (QED) is 0.429. The Morgan fingerprint density at radius 1 is 1.03 bits per heavy atom. The van der Waals surface area contributed by atoms with Crippen molar-refractivity contribution in [1.82, 2.24) is 19.8 Å². The molecule has 5 rings (SSSR count). The Labute approximate surface area is 202 Å². The SMILES string of the molecule is Cc1ccc(-c2ncn(C3CCCCC3)c2-c2ccc(C(=O)NCCCN3CCCC3)o2)cc1. The van der Waals surface area contributed by atoms with E-state index in [-0.39, 0.29) is 5.91 Å². The second-order valence-corrected chi connectivity index (χ2v) is 9.83. The molecule has 3 heterocycles. The monoisotopic (exact) mass is 460 g/mol. The van der Waals surface area contributed by atoms with E-state index in [1.165, 1.54) is 50.8 Å². The maximum atomic E-state index is 12.8. The van der Waals surface area contributed by atoms with Crippen molar-refractivity contribution in [2.45, 2.75) is 64.3 Å². The van der Waals surface area contributed by atoms with Gasteiger partial charge in [0, 0.05) is 18.2 Å². The molecule has 0 unspecified atom stereocenters. The molecular formula is C28H36N4O2. The largest absolute Gasteiger partial charge is 0.449 e. The summed E-state index contributed by atoms with van der Waals surface area (Å²) in [5, 5.41) is 3.03. The summed E-state index contributed by atoms with van der Waals surface area (Å²) in [5.41, 5.74) is 4.18. The van der Waals surface area contributed by atoms with Gasteiger partial charge in [-0.1, -0.05) is 49.1 Å².